The minimum atomic E-state index is 0.138. The van der Waals surface area contributed by atoms with Crippen molar-refractivity contribution in [2.45, 2.75) is 32.5 Å². The molecule has 1 saturated heterocycles. The molecule has 1 aliphatic heterocycles. The maximum absolute atomic E-state index is 10.8. The second-order valence-corrected chi connectivity index (χ2v) is 4.64. The van der Waals surface area contributed by atoms with E-state index < -0.39 is 0 Å². The molecule has 2 rings (SSSR count). The van der Waals surface area contributed by atoms with E-state index in [0.717, 1.165) is 26.0 Å². The topological polar surface area (TPSA) is 47.4 Å². The van der Waals surface area contributed by atoms with Crippen molar-refractivity contribution >= 4 is 6.29 Å². The lowest BCUT2D eigenvalue weighted by atomic mass is 10.2. The average Bonchev–Trinajstić information content (AvgIpc) is 2.76. The summed E-state index contributed by atoms with van der Waals surface area (Å²) in [6, 6.07) is 0.537. The average molecular weight is 237 g/mol. The number of hydrogen-bond acceptors (Lipinski definition) is 4. The Morgan fingerprint density at radius 2 is 2.47 bits per heavy atom. The van der Waals surface area contributed by atoms with Crippen molar-refractivity contribution in [2.24, 2.45) is 0 Å². The van der Waals surface area contributed by atoms with Gasteiger partial charge in [0.05, 0.1) is 19.3 Å². The van der Waals surface area contributed by atoms with E-state index in [2.05, 4.69) is 23.7 Å². The fraction of sp³-hybridized carbons (Fsp3) is 0.667. The largest absolute Gasteiger partial charge is 0.374 e. The summed E-state index contributed by atoms with van der Waals surface area (Å²) in [5.41, 5.74) is 0. The van der Waals surface area contributed by atoms with Crippen LogP contribution in [0.5, 0.6) is 0 Å². The number of carbonyl (C=O) groups is 1. The lowest BCUT2D eigenvalue weighted by Crippen LogP contribution is -2.47. The Hall–Kier alpha value is -1.20. The molecule has 0 amide bonds. The van der Waals surface area contributed by atoms with Crippen LogP contribution in [0.4, 0.5) is 0 Å². The number of nitrogens with zero attached hydrogens (tertiary/aromatic N) is 3. The Balaban J connectivity index is 1.97. The van der Waals surface area contributed by atoms with Crippen LogP contribution in [0.15, 0.2) is 12.4 Å². The molecule has 1 atom stereocenters. The summed E-state index contributed by atoms with van der Waals surface area (Å²) in [4.78, 5) is 17.1. The standard InChI is InChI=1S/C12H19N3O2/c1-10(2)14-5-6-17-11(7-14)8-15-4-3-13-12(15)9-16/h3-4,9-11H,5-8H2,1-2H3. The summed E-state index contributed by atoms with van der Waals surface area (Å²) in [5, 5.41) is 0. The highest BCUT2D eigenvalue weighted by Gasteiger charge is 2.22. The smallest absolute Gasteiger partial charge is 0.185 e. The molecule has 17 heavy (non-hydrogen) atoms. The summed E-state index contributed by atoms with van der Waals surface area (Å²) >= 11 is 0. The molecule has 0 spiro atoms. The van der Waals surface area contributed by atoms with Gasteiger partial charge in [-0.05, 0) is 13.8 Å². The molecule has 5 nitrogen and oxygen atoms in total. The van der Waals surface area contributed by atoms with E-state index in [-0.39, 0.29) is 6.10 Å². The molecular weight excluding hydrogens is 218 g/mol. The number of aldehydes is 1. The van der Waals surface area contributed by atoms with Crippen molar-refractivity contribution in [2.75, 3.05) is 19.7 Å². The molecule has 0 bridgehead atoms. The zero-order valence-corrected chi connectivity index (χ0v) is 10.4. The SMILES string of the molecule is CC(C)N1CCOC(Cn2ccnc2C=O)C1. The maximum atomic E-state index is 10.8. The molecule has 1 unspecified atom stereocenters. The van der Waals surface area contributed by atoms with E-state index in [1.807, 2.05) is 10.8 Å². The molecule has 5 heteroatoms. The first-order valence-electron chi connectivity index (χ1n) is 6.02. The van der Waals surface area contributed by atoms with Gasteiger partial charge in [0.1, 0.15) is 0 Å². The first-order valence-corrected chi connectivity index (χ1v) is 6.02. The predicted molar refractivity (Wildman–Crippen MR) is 64.1 cm³/mol. The molecule has 0 aliphatic carbocycles. The molecule has 1 aromatic rings. The number of hydrogen-bond donors (Lipinski definition) is 0. The van der Waals surface area contributed by atoms with Gasteiger partial charge in [0.25, 0.3) is 0 Å². The molecule has 94 valence electrons. The second kappa shape index (κ2) is 5.42. The van der Waals surface area contributed by atoms with Crippen LogP contribution >= 0.6 is 0 Å². The third-order valence-corrected chi connectivity index (χ3v) is 3.15. The van der Waals surface area contributed by atoms with Gasteiger partial charge in [-0.15, -0.1) is 0 Å². The minimum absolute atomic E-state index is 0.138. The van der Waals surface area contributed by atoms with Gasteiger partial charge in [0, 0.05) is 31.5 Å². The van der Waals surface area contributed by atoms with E-state index in [9.17, 15) is 4.79 Å². The van der Waals surface area contributed by atoms with Crippen LogP contribution in [0.2, 0.25) is 0 Å². The van der Waals surface area contributed by atoms with Crippen LogP contribution in [0.3, 0.4) is 0 Å². The van der Waals surface area contributed by atoms with E-state index in [1.54, 1.807) is 6.20 Å². The van der Waals surface area contributed by atoms with Crippen LogP contribution in [-0.4, -0.2) is 52.6 Å². The molecule has 1 fully saturated rings. The molecule has 0 saturated carbocycles. The van der Waals surface area contributed by atoms with Crippen LogP contribution in [0, 0.1) is 0 Å². The second-order valence-electron chi connectivity index (χ2n) is 4.64. The molecule has 0 radical (unpaired) electrons. The third-order valence-electron chi connectivity index (χ3n) is 3.15. The van der Waals surface area contributed by atoms with Crippen LogP contribution in [-0.2, 0) is 11.3 Å². The van der Waals surface area contributed by atoms with E-state index in [0.29, 0.717) is 18.4 Å². The number of ether oxygens (including phenoxy) is 1. The third kappa shape index (κ3) is 2.92. The van der Waals surface area contributed by atoms with Gasteiger partial charge in [-0.1, -0.05) is 0 Å². The van der Waals surface area contributed by atoms with Crippen LogP contribution in [0.25, 0.3) is 0 Å². The molecule has 2 heterocycles. The predicted octanol–water partition coefficient (Wildman–Crippen LogP) is 0.805. The van der Waals surface area contributed by atoms with Crippen LogP contribution in [0.1, 0.15) is 24.5 Å². The van der Waals surface area contributed by atoms with E-state index >= 15 is 0 Å². The van der Waals surface area contributed by atoms with E-state index in [4.69, 9.17) is 4.74 Å². The summed E-state index contributed by atoms with van der Waals surface area (Å²) in [6.07, 6.45) is 4.39. The van der Waals surface area contributed by atoms with Gasteiger partial charge in [-0.25, -0.2) is 4.98 Å². The fourth-order valence-electron chi connectivity index (χ4n) is 2.13. The maximum Gasteiger partial charge on any atom is 0.185 e. The zero-order valence-electron chi connectivity index (χ0n) is 10.4. The Morgan fingerprint density at radius 1 is 1.65 bits per heavy atom. The number of rotatable bonds is 4. The Kier molecular flexibility index (Phi) is 3.91. The Morgan fingerprint density at radius 3 is 3.18 bits per heavy atom. The first-order chi connectivity index (χ1) is 8.20. The first kappa shape index (κ1) is 12.3. The van der Waals surface area contributed by atoms with Crippen LogP contribution < -0.4 is 0 Å². The van der Waals surface area contributed by atoms with Crippen molar-refractivity contribution < 1.29 is 9.53 Å². The highest BCUT2D eigenvalue weighted by molar-refractivity contribution is 5.69. The monoisotopic (exact) mass is 237 g/mol. The molecule has 0 N–H and O–H groups in total. The lowest BCUT2D eigenvalue weighted by molar-refractivity contribution is -0.0457. The highest BCUT2D eigenvalue weighted by atomic mass is 16.5. The van der Waals surface area contributed by atoms with Gasteiger partial charge >= 0.3 is 0 Å². The minimum Gasteiger partial charge on any atom is -0.374 e. The molecule has 1 aromatic heterocycles. The zero-order chi connectivity index (χ0) is 12.3. The van der Waals surface area contributed by atoms with Crippen molar-refractivity contribution in [1.82, 2.24) is 14.5 Å². The normalized spacial score (nSPS) is 21.9. The number of carbonyl (C=O) groups excluding carboxylic acids is 1. The van der Waals surface area contributed by atoms with Crippen molar-refractivity contribution in [3.8, 4) is 0 Å². The summed E-state index contributed by atoms with van der Waals surface area (Å²) < 4.78 is 7.57. The number of imidazole rings is 1. The molecule has 1 aliphatic rings. The summed E-state index contributed by atoms with van der Waals surface area (Å²) in [6.45, 7) is 7.73. The van der Waals surface area contributed by atoms with Crippen molar-refractivity contribution in [3.05, 3.63) is 18.2 Å². The highest BCUT2D eigenvalue weighted by Crippen LogP contribution is 2.11. The fourth-order valence-corrected chi connectivity index (χ4v) is 2.13. The van der Waals surface area contributed by atoms with Gasteiger partial charge in [0.2, 0.25) is 0 Å². The quantitative estimate of drug-likeness (QED) is 0.727. The molecule has 0 aromatic carbocycles. The van der Waals surface area contributed by atoms with Gasteiger partial charge in [0.15, 0.2) is 12.1 Å². The Bertz CT molecular complexity index is 376. The van der Waals surface area contributed by atoms with E-state index in [1.165, 1.54) is 0 Å². The van der Waals surface area contributed by atoms with Gasteiger partial charge < -0.3 is 9.30 Å². The lowest BCUT2D eigenvalue weighted by Gasteiger charge is -2.35. The summed E-state index contributed by atoms with van der Waals surface area (Å²) in [7, 11) is 0. The Labute approximate surface area is 101 Å². The van der Waals surface area contributed by atoms with Crippen molar-refractivity contribution in [1.29, 1.82) is 0 Å². The number of morpholine rings is 1. The molecular formula is C12H19N3O2. The summed E-state index contributed by atoms with van der Waals surface area (Å²) in [5.74, 6) is 0.468. The van der Waals surface area contributed by atoms with Crippen molar-refractivity contribution in [3.63, 3.8) is 0 Å². The van der Waals surface area contributed by atoms with Gasteiger partial charge in [-0.2, -0.15) is 0 Å². The van der Waals surface area contributed by atoms with Gasteiger partial charge in [-0.3, -0.25) is 9.69 Å². The number of aromatic nitrogens is 2.